The fourth-order valence-corrected chi connectivity index (χ4v) is 3.11. The second-order valence-corrected chi connectivity index (χ2v) is 6.35. The van der Waals surface area contributed by atoms with Gasteiger partial charge < -0.3 is 15.3 Å². The monoisotopic (exact) mass is 308 g/mol. The lowest BCUT2D eigenvalue weighted by Crippen LogP contribution is -2.44. The number of hydrogen-bond donors (Lipinski definition) is 2. The number of thioether (sulfide) groups is 1. The molecule has 1 heterocycles. The smallest absolute Gasteiger partial charge is 0.321 e. The number of carboxylic acids is 1. The number of hydrogen-bond acceptors (Lipinski definition) is 3. The van der Waals surface area contributed by atoms with Gasteiger partial charge in [-0.1, -0.05) is 13.0 Å². The van der Waals surface area contributed by atoms with Gasteiger partial charge in [0.05, 0.1) is 5.92 Å². The number of aliphatic carboxylic acids is 1. The second-order valence-electron chi connectivity index (χ2n) is 5.01. The van der Waals surface area contributed by atoms with E-state index in [9.17, 15) is 9.59 Å². The SMILES string of the molecule is CCSc1cccc(NC(=O)N2CCCC(C(=O)O)C2)c1. The summed E-state index contributed by atoms with van der Waals surface area (Å²) in [5.74, 6) is -0.301. The van der Waals surface area contributed by atoms with Crippen molar-refractivity contribution in [3.8, 4) is 0 Å². The first-order valence-corrected chi connectivity index (χ1v) is 8.10. The quantitative estimate of drug-likeness (QED) is 0.838. The van der Waals surface area contributed by atoms with E-state index in [4.69, 9.17) is 5.11 Å². The highest BCUT2D eigenvalue weighted by molar-refractivity contribution is 7.99. The number of benzene rings is 1. The standard InChI is InChI=1S/C15H20N2O3S/c1-2-21-13-7-3-6-12(9-13)16-15(20)17-8-4-5-11(10-17)14(18)19/h3,6-7,9,11H,2,4-5,8,10H2,1H3,(H,16,20)(H,18,19). The normalized spacial score (nSPS) is 18.3. The number of rotatable bonds is 4. The number of carboxylic acid groups (broad SMARTS) is 1. The number of amides is 2. The molecule has 2 N–H and O–H groups in total. The van der Waals surface area contributed by atoms with Crippen LogP contribution in [0.2, 0.25) is 0 Å². The number of piperidine rings is 1. The highest BCUT2D eigenvalue weighted by Crippen LogP contribution is 2.22. The van der Waals surface area contributed by atoms with Crippen LogP contribution in [0.1, 0.15) is 19.8 Å². The summed E-state index contributed by atoms with van der Waals surface area (Å²) >= 11 is 1.71. The summed E-state index contributed by atoms with van der Waals surface area (Å²) in [4.78, 5) is 26.0. The molecule has 0 spiro atoms. The largest absolute Gasteiger partial charge is 0.481 e. The third kappa shape index (κ3) is 4.39. The molecule has 2 rings (SSSR count). The molecule has 114 valence electrons. The van der Waals surface area contributed by atoms with E-state index in [0.717, 1.165) is 22.8 Å². The molecule has 1 atom stereocenters. The molecule has 0 radical (unpaired) electrons. The van der Waals surface area contributed by atoms with E-state index in [1.165, 1.54) is 0 Å². The van der Waals surface area contributed by atoms with Crippen LogP contribution in [0.5, 0.6) is 0 Å². The molecule has 1 aromatic carbocycles. The van der Waals surface area contributed by atoms with Gasteiger partial charge >= 0.3 is 12.0 Å². The Morgan fingerprint density at radius 1 is 1.48 bits per heavy atom. The Morgan fingerprint density at radius 2 is 2.29 bits per heavy atom. The number of carbonyl (C=O) groups excluding carboxylic acids is 1. The molecule has 1 fully saturated rings. The van der Waals surface area contributed by atoms with Gasteiger partial charge in [0.15, 0.2) is 0 Å². The Balaban J connectivity index is 1.97. The first-order valence-electron chi connectivity index (χ1n) is 7.11. The molecular formula is C15H20N2O3S. The molecule has 1 aliphatic heterocycles. The van der Waals surface area contributed by atoms with Gasteiger partial charge in [0, 0.05) is 23.7 Å². The zero-order valence-electron chi connectivity index (χ0n) is 12.0. The molecule has 0 bridgehead atoms. The van der Waals surface area contributed by atoms with Crippen LogP contribution in [0.15, 0.2) is 29.2 Å². The van der Waals surface area contributed by atoms with Crippen LogP contribution >= 0.6 is 11.8 Å². The minimum absolute atomic E-state index is 0.223. The summed E-state index contributed by atoms with van der Waals surface area (Å²) < 4.78 is 0. The van der Waals surface area contributed by atoms with Crippen molar-refractivity contribution in [3.63, 3.8) is 0 Å². The third-order valence-electron chi connectivity index (χ3n) is 3.45. The number of carbonyl (C=O) groups is 2. The number of nitrogens with one attached hydrogen (secondary N) is 1. The minimum atomic E-state index is -0.825. The lowest BCUT2D eigenvalue weighted by atomic mass is 9.99. The van der Waals surface area contributed by atoms with E-state index in [-0.39, 0.29) is 12.6 Å². The maximum atomic E-state index is 12.2. The first kappa shape index (κ1) is 15.7. The van der Waals surface area contributed by atoms with Crippen molar-refractivity contribution < 1.29 is 14.7 Å². The zero-order valence-corrected chi connectivity index (χ0v) is 12.9. The number of anilines is 1. The summed E-state index contributed by atoms with van der Waals surface area (Å²) in [7, 11) is 0. The number of urea groups is 1. The molecule has 5 nitrogen and oxygen atoms in total. The number of nitrogens with zero attached hydrogens (tertiary/aromatic N) is 1. The van der Waals surface area contributed by atoms with Gasteiger partial charge in [0.25, 0.3) is 0 Å². The Morgan fingerprint density at radius 3 is 3.00 bits per heavy atom. The summed E-state index contributed by atoms with van der Waals surface area (Å²) in [6.45, 7) is 2.97. The molecule has 0 aromatic heterocycles. The molecule has 0 saturated carbocycles. The van der Waals surface area contributed by atoms with Gasteiger partial charge in [-0.2, -0.15) is 0 Å². The lowest BCUT2D eigenvalue weighted by molar-refractivity contribution is -0.143. The van der Waals surface area contributed by atoms with Crippen molar-refractivity contribution in [3.05, 3.63) is 24.3 Å². The Hall–Kier alpha value is -1.69. The second kappa shape index (κ2) is 7.36. The molecular weight excluding hydrogens is 288 g/mol. The third-order valence-corrected chi connectivity index (χ3v) is 4.33. The molecule has 2 amide bonds. The molecule has 6 heteroatoms. The van der Waals surface area contributed by atoms with Crippen LogP contribution in [0.4, 0.5) is 10.5 Å². The van der Waals surface area contributed by atoms with E-state index in [1.807, 2.05) is 24.3 Å². The predicted octanol–water partition coefficient (Wildman–Crippen LogP) is 3.13. The van der Waals surface area contributed by atoms with E-state index < -0.39 is 11.9 Å². The van der Waals surface area contributed by atoms with Crippen molar-refractivity contribution in [2.75, 3.05) is 24.2 Å². The van der Waals surface area contributed by atoms with Gasteiger partial charge in [0.2, 0.25) is 0 Å². The van der Waals surface area contributed by atoms with E-state index in [2.05, 4.69) is 12.2 Å². The fraction of sp³-hybridized carbons (Fsp3) is 0.467. The Kier molecular flexibility index (Phi) is 5.50. The van der Waals surface area contributed by atoms with Crippen LogP contribution < -0.4 is 5.32 Å². The van der Waals surface area contributed by atoms with Crippen molar-refractivity contribution in [1.29, 1.82) is 0 Å². The Labute approximate surface area is 128 Å². The van der Waals surface area contributed by atoms with Gasteiger partial charge in [-0.25, -0.2) is 4.79 Å². The summed E-state index contributed by atoms with van der Waals surface area (Å²) in [6, 6.07) is 7.47. The van der Waals surface area contributed by atoms with Crippen LogP contribution in [0.3, 0.4) is 0 Å². The van der Waals surface area contributed by atoms with Gasteiger partial charge in [-0.3, -0.25) is 4.79 Å². The van der Waals surface area contributed by atoms with E-state index in [1.54, 1.807) is 16.7 Å². The Bertz CT molecular complexity index is 521. The average Bonchev–Trinajstić information content (AvgIpc) is 2.48. The molecule has 1 aliphatic rings. The average molecular weight is 308 g/mol. The van der Waals surface area contributed by atoms with Crippen molar-refractivity contribution in [2.45, 2.75) is 24.7 Å². The van der Waals surface area contributed by atoms with Crippen molar-refractivity contribution in [1.82, 2.24) is 4.90 Å². The van der Waals surface area contributed by atoms with Crippen LogP contribution in [-0.4, -0.2) is 40.8 Å². The lowest BCUT2D eigenvalue weighted by Gasteiger charge is -2.30. The first-order chi connectivity index (χ1) is 10.1. The van der Waals surface area contributed by atoms with Gasteiger partial charge in [0.1, 0.15) is 0 Å². The summed E-state index contributed by atoms with van der Waals surface area (Å²) in [5, 5.41) is 11.9. The molecule has 1 unspecified atom stereocenters. The van der Waals surface area contributed by atoms with Crippen molar-refractivity contribution in [2.24, 2.45) is 5.92 Å². The van der Waals surface area contributed by atoms with E-state index >= 15 is 0 Å². The predicted molar refractivity (Wildman–Crippen MR) is 83.8 cm³/mol. The van der Waals surface area contributed by atoms with Gasteiger partial charge in [-0.15, -0.1) is 11.8 Å². The molecule has 21 heavy (non-hydrogen) atoms. The topological polar surface area (TPSA) is 69.6 Å². The van der Waals surface area contributed by atoms with Crippen LogP contribution in [0.25, 0.3) is 0 Å². The highest BCUT2D eigenvalue weighted by atomic mass is 32.2. The van der Waals surface area contributed by atoms with E-state index in [0.29, 0.717) is 13.0 Å². The maximum absolute atomic E-state index is 12.2. The van der Waals surface area contributed by atoms with Crippen LogP contribution in [-0.2, 0) is 4.79 Å². The van der Waals surface area contributed by atoms with Crippen LogP contribution in [0, 0.1) is 5.92 Å². The highest BCUT2D eigenvalue weighted by Gasteiger charge is 2.28. The van der Waals surface area contributed by atoms with Crippen molar-refractivity contribution >= 4 is 29.4 Å². The summed E-state index contributed by atoms with van der Waals surface area (Å²) in [6.07, 6.45) is 1.37. The van der Waals surface area contributed by atoms with Gasteiger partial charge in [-0.05, 0) is 36.8 Å². The minimum Gasteiger partial charge on any atom is -0.481 e. The fourth-order valence-electron chi connectivity index (χ4n) is 2.40. The molecule has 1 aromatic rings. The molecule has 1 saturated heterocycles. The summed E-state index contributed by atoms with van der Waals surface area (Å²) in [5.41, 5.74) is 0.746. The number of likely N-dealkylation sites (tertiary alicyclic amines) is 1. The zero-order chi connectivity index (χ0) is 15.2. The maximum Gasteiger partial charge on any atom is 0.321 e. The molecule has 0 aliphatic carbocycles.